The van der Waals surface area contributed by atoms with Gasteiger partial charge in [0.25, 0.3) is 0 Å². The standard InChI is InChI=1S/C12H16Cl3NO2S/c1-3-12(4-2,8-13)16-19(17,18)11-7-9(14)5-6-10(11)15/h5-7,16H,3-4,8H2,1-2H3. The molecule has 0 fully saturated rings. The molecule has 19 heavy (non-hydrogen) atoms. The Labute approximate surface area is 129 Å². The molecule has 3 nitrogen and oxygen atoms in total. The molecule has 0 aromatic heterocycles. The molecule has 0 atom stereocenters. The number of benzene rings is 1. The molecule has 1 aromatic rings. The lowest BCUT2D eigenvalue weighted by atomic mass is 9.97. The number of halogens is 3. The zero-order chi connectivity index (χ0) is 14.7. The van der Waals surface area contributed by atoms with Crippen LogP contribution in [0.3, 0.4) is 0 Å². The van der Waals surface area contributed by atoms with E-state index in [4.69, 9.17) is 34.8 Å². The van der Waals surface area contributed by atoms with Crippen molar-refractivity contribution >= 4 is 44.8 Å². The Morgan fingerprint density at radius 3 is 2.26 bits per heavy atom. The molecule has 0 spiro atoms. The van der Waals surface area contributed by atoms with Crippen LogP contribution < -0.4 is 4.72 Å². The molecule has 0 aliphatic carbocycles. The molecule has 1 rings (SSSR count). The third kappa shape index (κ3) is 3.99. The second-order valence-electron chi connectivity index (χ2n) is 4.30. The normalized spacial score (nSPS) is 12.7. The highest BCUT2D eigenvalue weighted by Crippen LogP contribution is 2.27. The molecule has 0 aliphatic rings. The van der Waals surface area contributed by atoms with Crippen LogP contribution in [-0.2, 0) is 10.0 Å². The molecule has 0 heterocycles. The van der Waals surface area contributed by atoms with Crippen LogP contribution in [0.1, 0.15) is 26.7 Å². The quantitative estimate of drug-likeness (QED) is 0.791. The summed E-state index contributed by atoms with van der Waals surface area (Å²) in [6, 6.07) is 4.33. The van der Waals surface area contributed by atoms with Crippen molar-refractivity contribution in [1.82, 2.24) is 4.72 Å². The van der Waals surface area contributed by atoms with Crippen LogP contribution in [0.5, 0.6) is 0 Å². The van der Waals surface area contributed by atoms with Gasteiger partial charge in [-0.2, -0.15) is 0 Å². The number of alkyl halides is 1. The summed E-state index contributed by atoms with van der Waals surface area (Å²) < 4.78 is 27.4. The summed E-state index contributed by atoms with van der Waals surface area (Å²) >= 11 is 17.7. The first-order valence-electron chi connectivity index (χ1n) is 5.85. The van der Waals surface area contributed by atoms with Crippen LogP contribution in [0.15, 0.2) is 23.1 Å². The zero-order valence-corrected chi connectivity index (χ0v) is 13.8. The highest BCUT2D eigenvalue weighted by molar-refractivity contribution is 7.89. The minimum absolute atomic E-state index is 0.0296. The van der Waals surface area contributed by atoms with Gasteiger partial charge in [0.15, 0.2) is 0 Å². The van der Waals surface area contributed by atoms with Gasteiger partial charge in [-0.1, -0.05) is 37.0 Å². The van der Waals surface area contributed by atoms with E-state index < -0.39 is 15.6 Å². The lowest BCUT2D eigenvalue weighted by Crippen LogP contribution is -2.49. The Balaban J connectivity index is 3.21. The van der Waals surface area contributed by atoms with E-state index in [0.29, 0.717) is 17.9 Å². The molecule has 0 unspecified atom stereocenters. The average Bonchev–Trinajstić information content (AvgIpc) is 2.39. The molecular weight excluding hydrogens is 329 g/mol. The topological polar surface area (TPSA) is 46.2 Å². The van der Waals surface area contributed by atoms with E-state index in [2.05, 4.69) is 4.72 Å². The van der Waals surface area contributed by atoms with Gasteiger partial charge >= 0.3 is 0 Å². The van der Waals surface area contributed by atoms with Gasteiger partial charge in [0, 0.05) is 16.4 Å². The lowest BCUT2D eigenvalue weighted by Gasteiger charge is -2.30. The Bertz CT molecular complexity index is 534. The van der Waals surface area contributed by atoms with E-state index in [-0.39, 0.29) is 15.8 Å². The molecule has 7 heteroatoms. The van der Waals surface area contributed by atoms with Crippen molar-refractivity contribution in [3.63, 3.8) is 0 Å². The van der Waals surface area contributed by atoms with Crippen LogP contribution in [0.2, 0.25) is 10.0 Å². The second-order valence-corrected chi connectivity index (χ2v) is 7.06. The number of nitrogens with one attached hydrogen (secondary N) is 1. The van der Waals surface area contributed by atoms with Gasteiger partial charge in [-0.05, 0) is 31.0 Å². The third-order valence-electron chi connectivity index (χ3n) is 3.14. The first kappa shape index (κ1) is 17.1. The lowest BCUT2D eigenvalue weighted by molar-refractivity contribution is 0.394. The van der Waals surface area contributed by atoms with E-state index in [9.17, 15) is 8.42 Å². The summed E-state index contributed by atoms with van der Waals surface area (Å²) in [7, 11) is -3.76. The molecular formula is C12H16Cl3NO2S. The fraction of sp³-hybridized carbons (Fsp3) is 0.500. The minimum atomic E-state index is -3.76. The van der Waals surface area contributed by atoms with Gasteiger partial charge in [0.1, 0.15) is 4.90 Å². The predicted molar refractivity (Wildman–Crippen MR) is 80.8 cm³/mol. The van der Waals surface area contributed by atoms with Gasteiger partial charge in [0.05, 0.1) is 5.02 Å². The summed E-state index contributed by atoms with van der Waals surface area (Å²) in [5, 5.41) is 0.446. The molecule has 0 saturated heterocycles. The van der Waals surface area contributed by atoms with E-state index in [1.807, 2.05) is 13.8 Å². The number of hydrogen-bond donors (Lipinski definition) is 1. The third-order valence-corrected chi connectivity index (χ3v) is 5.95. The summed E-state index contributed by atoms with van der Waals surface area (Å²) in [5.74, 6) is 0.192. The van der Waals surface area contributed by atoms with Crippen molar-refractivity contribution in [3.8, 4) is 0 Å². The Hall–Kier alpha value is -0.000000000000000111. The molecule has 0 radical (unpaired) electrons. The Morgan fingerprint density at radius 1 is 1.21 bits per heavy atom. The first-order valence-corrected chi connectivity index (χ1v) is 8.62. The summed E-state index contributed by atoms with van der Waals surface area (Å²) in [5.41, 5.74) is -0.675. The van der Waals surface area contributed by atoms with Crippen LogP contribution in [0, 0.1) is 0 Å². The SMILES string of the molecule is CCC(CC)(CCl)NS(=O)(=O)c1cc(Cl)ccc1Cl. The van der Waals surface area contributed by atoms with E-state index in [0.717, 1.165) is 0 Å². The average molecular weight is 345 g/mol. The fourth-order valence-corrected chi connectivity index (χ4v) is 4.46. The van der Waals surface area contributed by atoms with E-state index >= 15 is 0 Å². The van der Waals surface area contributed by atoms with Crippen molar-refractivity contribution < 1.29 is 8.42 Å². The van der Waals surface area contributed by atoms with Crippen LogP contribution in [0.25, 0.3) is 0 Å². The molecule has 0 bridgehead atoms. The van der Waals surface area contributed by atoms with Crippen molar-refractivity contribution in [2.24, 2.45) is 0 Å². The van der Waals surface area contributed by atoms with Crippen LogP contribution in [-0.4, -0.2) is 19.8 Å². The maximum atomic E-state index is 12.4. The zero-order valence-electron chi connectivity index (χ0n) is 10.7. The molecule has 0 amide bonds. The Morgan fingerprint density at radius 2 is 1.79 bits per heavy atom. The predicted octanol–water partition coefficient (Wildman–Crippen LogP) is 4.07. The molecule has 1 N–H and O–H groups in total. The first-order chi connectivity index (χ1) is 8.80. The molecule has 108 valence electrons. The van der Waals surface area contributed by atoms with Crippen molar-refractivity contribution in [2.45, 2.75) is 37.1 Å². The number of hydrogen-bond acceptors (Lipinski definition) is 2. The van der Waals surface area contributed by atoms with Crippen molar-refractivity contribution in [2.75, 3.05) is 5.88 Å². The highest BCUT2D eigenvalue weighted by atomic mass is 35.5. The number of sulfonamides is 1. The largest absolute Gasteiger partial charge is 0.242 e. The van der Waals surface area contributed by atoms with Gasteiger partial charge in [-0.15, -0.1) is 11.6 Å². The summed E-state index contributed by atoms with van der Waals surface area (Å²) in [6.07, 6.45) is 1.18. The molecule has 1 aromatic carbocycles. The summed E-state index contributed by atoms with van der Waals surface area (Å²) in [4.78, 5) is -0.0296. The highest BCUT2D eigenvalue weighted by Gasteiger charge is 2.32. The van der Waals surface area contributed by atoms with E-state index in [1.165, 1.54) is 18.2 Å². The van der Waals surface area contributed by atoms with Crippen molar-refractivity contribution in [3.05, 3.63) is 28.2 Å². The van der Waals surface area contributed by atoms with Gasteiger partial charge < -0.3 is 0 Å². The Kier molecular flexibility index (Phi) is 5.96. The van der Waals surface area contributed by atoms with Crippen molar-refractivity contribution in [1.29, 1.82) is 0 Å². The van der Waals surface area contributed by atoms with E-state index in [1.54, 1.807) is 0 Å². The van der Waals surface area contributed by atoms with Crippen LogP contribution >= 0.6 is 34.8 Å². The smallest absolute Gasteiger partial charge is 0.207 e. The maximum Gasteiger partial charge on any atom is 0.242 e. The molecule has 0 aliphatic heterocycles. The van der Waals surface area contributed by atoms with Gasteiger partial charge in [-0.25, -0.2) is 13.1 Å². The number of rotatable bonds is 6. The van der Waals surface area contributed by atoms with Crippen LogP contribution in [0.4, 0.5) is 0 Å². The monoisotopic (exact) mass is 343 g/mol. The summed E-state index contributed by atoms with van der Waals surface area (Å²) in [6.45, 7) is 3.77. The second kappa shape index (κ2) is 6.64. The molecule has 0 saturated carbocycles. The van der Waals surface area contributed by atoms with Gasteiger partial charge in [0.2, 0.25) is 10.0 Å². The minimum Gasteiger partial charge on any atom is -0.207 e. The maximum absolute atomic E-state index is 12.4. The van der Waals surface area contributed by atoms with Gasteiger partial charge in [-0.3, -0.25) is 0 Å². The fourth-order valence-electron chi connectivity index (χ4n) is 1.63.